The van der Waals surface area contributed by atoms with E-state index in [-0.39, 0.29) is 0 Å². The van der Waals surface area contributed by atoms with Gasteiger partial charge in [-0.15, -0.1) is 0 Å². The van der Waals surface area contributed by atoms with Gasteiger partial charge in [-0.05, 0) is 47.7 Å². The maximum atomic E-state index is 5.96. The molecule has 2 heteroatoms. The van der Waals surface area contributed by atoms with Crippen LogP contribution < -0.4 is 9.47 Å². The van der Waals surface area contributed by atoms with Crippen molar-refractivity contribution < 1.29 is 9.47 Å². The monoisotopic (exact) mass is 284 g/mol. The Kier molecular flexibility index (Phi) is 5.26. The van der Waals surface area contributed by atoms with Gasteiger partial charge in [0, 0.05) is 6.42 Å². The third-order valence-corrected chi connectivity index (χ3v) is 3.69. The van der Waals surface area contributed by atoms with Crippen molar-refractivity contribution >= 4 is 0 Å². The van der Waals surface area contributed by atoms with E-state index in [4.69, 9.17) is 9.47 Å². The van der Waals surface area contributed by atoms with Crippen molar-refractivity contribution in [3.63, 3.8) is 0 Å². The standard InChI is InChI=1S/C19H24O2/c1-14(2)17-8-5-15(3)19(13-17)21-12-11-16-6-9-18(20-4)10-7-16/h5-10,13-14H,11-12H2,1-4H3. The topological polar surface area (TPSA) is 18.5 Å². The van der Waals surface area contributed by atoms with E-state index in [0.717, 1.165) is 17.9 Å². The molecular weight excluding hydrogens is 260 g/mol. The summed E-state index contributed by atoms with van der Waals surface area (Å²) >= 11 is 0. The quantitative estimate of drug-likeness (QED) is 0.762. The first kappa shape index (κ1) is 15.4. The molecule has 2 aromatic carbocycles. The van der Waals surface area contributed by atoms with Gasteiger partial charge in [0.25, 0.3) is 0 Å². The Morgan fingerprint density at radius 3 is 2.33 bits per heavy atom. The lowest BCUT2D eigenvalue weighted by molar-refractivity contribution is 0.319. The van der Waals surface area contributed by atoms with Crippen LogP contribution in [0.1, 0.15) is 36.5 Å². The molecule has 2 nitrogen and oxygen atoms in total. The summed E-state index contributed by atoms with van der Waals surface area (Å²) in [5.41, 5.74) is 3.77. The molecule has 21 heavy (non-hydrogen) atoms. The molecule has 0 atom stereocenters. The highest BCUT2D eigenvalue weighted by atomic mass is 16.5. The van der Waals surface area contributed by atoms with Crippen LogP contribution in [0.25, 0.3) is 0 Å². The number of rotatable bonds is 6. The molecule has 0 saturated heterocycles. The summed E-state index contributed by atoms with van der Waals surface area (Å²) in [5, 5.41) is 0. The van der Waals surface area contributed by atoms with Gasteiger partial charge < -0.3 is 9.47 Å². The molecule has 2 rings (SSSR count). The molecule has 0 aliphatic heterocycles. The fourth-order valence-electron chi connectivity index (χ4n) is 2.20. The highest BCUT2D eigenvalue weighted by molar-refractivity contribution is 5.37. The van der Waals surface area contributed by atoms with Gasteiger partial charge in [0.2, 0.25) is 0 Å². The predicted molar refractivity (Wildman–Crippen MR) is 87.5 cm³/mol. The van der Waals surface area contributed by atoms with Gasteiger partial charge in [-0.1, -0.05) is 38.1 Å². The first-order chi connectivity index (χ1) is 10.1. The van der Waals surface area contributed by atoms with Crippen molar-refractivity contribution in [1.29, 1.82) is 0 Å². The minimum absolute atomic E-state index is 0.523. The van der Waals surface area contributed by atoms with E-state index in [2.05, 4.69) is 51.1 Å². The Hall–Kier alpha value is -1.96. The summed E-state index contributed by atoms with van der Waals surface area (Å²) in [5.74, 6) is 2.41. The molecule has 0 amide bonds. The van der Waals surface area contributed by atoms with E-state index in [1.807, 2.05) is 12.1 Å². The summed E-state index contributed by atoms with van der Waals surface area (Å²) in [4.78, 5) is 0. The maximum absolute atomic E-state index is 5.96. The van der Waals surface area contributed by atoms with Gasteiger partial charge in [0.15, 0.2) is 0 Å². The summed E-state index contributed by atoms with van der Waals surface area (Å²) < 4.78 is 11.1. The molecule has 2 aromatic rings. The lowest BCUT2D eigenvalue weighted by atomic mass is 10.0. The number of hydrogen-bond acceptors (Lipinski definition) is 2. The fourth-order valence-corrected chi connectivity index (χ4v) is 2.20. The summed E-state index contributed by atoms with van der Waals surface area (Å²) in [6.07, 6.45) is 0.898. The predicted octanol–water partition coefficient (Wildman–Crippen LogP) is 4.75. The van der Waals surface area contributed by atoms with Gasteiger partial charge in [-0.3, -0.25) is 0 Å². The molecule has 112 valence electrons. The zero-order valence-electron chi connectivity index (χ0n) is 13.3. The van der Waals surface area contributed by atoms with Crippen LogP contribution in [0.2, 0.25) is 0 Å². The second-order valence-electron chi connectivity index (χ2n) is 5.63. The van der Waals surface area contributed by atoms with E-state index in [0.29, 0.717) is 12.5 Å². The van der Waals surface area contributed by atoms with Crippen LogP contribution >= 0.6 is 0 Å². The van der Waals surface area contributed by atoms with Crippen molar-refractivity contribution in [3.8, 4) is 11.5 Å². The van der Waals surface area contributed by atoms with Crippen LogP contribution in [0.4, 0.5) is 0 Å². The Balaban J connectivity index is 1.94. The first-order valence-electron chi connectivity index (χ1n) is 7.46. The lowest BCUT2D eigenvalue weighted by Crippen LogP contribution is -2.03. The van der Waals surface area contributed by atoms with E-state index in [9.17, 15) is 0 Å². The lowest BCUT2D eigenvalue weighted by Gasteiger charge is -2.13. The van der Waals surface area contributed by atoms with Crippen LogP contribution in [0, 0.1) is 6.92 Å². The number of hydrogen-bond donors (Lipinski definition) is 0. The van der Waals surface area contributed by atoms with E-state index < -0.39 is 0 Å². The average Bonchev–Trinajstić information content (AvgIpc) is 2.49. The SMILES string of the molecule is COc1ccc(CCOc2cc(C(C)C)ccc2C)cc1. The van der Waals surface area contributed by atoms with Gasteiger partial charge >= 0.3 is 0 Å². The molecule has 0 saturated carbocycles. The van der Waals surface area contributed by atoms with Crippen LogP contribution in [-0.4, -0.2) is 13.7 Å². The van der Waals surface area contributed by atoms with Crippen molar-refractivity contribution in [2.75, 3.05) is 13.7 Å². The van der Waals surface area contributed by atoms with Gasteiger partial charge in [0.05, 0.1) is 13.7 Å². The number of benzene rings is 2. The second-order valence-corrected chi connectivity index (χ2v) is 5.63. The molecule has 0 radical (unpaired) electrons. The molecule has 0 unspecified atom stereocenters. The summed E-state index contributed by atoms with van der Waals surface area (Å²) in [6.45, 7) is 7.18. The highest BCUT2D eigenvalue weighted by Gasteiger charge is 2.05. The normalized spacial score (nSPS) is 10.7. The van der Waals surface area contributed by atoms with Crippen molar-refractivity contribution in [3.05, 3.63) is 59.2 Å². The Bertz CT molecular complexity index is 571. The van der Waals surface area contributed by atoms with Crippen LogP contribution in [0.15, 0.2) is 42.5 Å². The molecule has 0 aliphatic rings. The largest absolute Gasteiger partial charge is 0.497 e. The van der Waals surface area contributed by atoms with Crippen molar-refractivity contribution in [2.45, 2.75) is 33.1 Å². The van der Waals surface area contributed by atoms with Crippen LogP contribution in [0.3, 0.4) is 0 Å². The molecule has 0 aliphatic carbocycles. The molecule has 0 bridgehead atoms. The van der Waals surface area contributed by atoms with E-state index in [1.54, 1.807) is 7.11 Å². The smallest absolute Gasteiger partial charge is 0.122 e. The number of aryl methyl sites for hydroxylation is 1. The summed E-state index contributed by atoms with van der Waals surface area (Å²) in [7, 11) is 1.68. The van der Waals surface area contributed by atoms with Crippen molar-refractivity contribution in [2.24, 2.45) is 0 Å². The van der Waals surface area contributed by atoms with E-state index in [1.165, 1.54) is 16.7 Å². The Morgan fingerprint density at radius 2 is 1.71 bits per heavy atom. The minimum atomic E-state index is 0.523. The van der Waals surface area contributed by atoms with Crippen LogP contribution in [0.5, 0.6) is 11.5 Å². The molecule has 0 aromatic heterocycles. The van der Waals surface area contributed by atoms with E-state index >= 15 is 0 Å². The molecular formula is C19H24O2. The average molecular weight is 284 g/mol. The molecule has 0 heterocycles. The number of ether oxygens (including phenoxy) is 2. The first-order valence-corrected chi connectivity index (χ1v) is 7.46. The van der Waals surface area contributed by atoms with Crippen LogP contribution in [-0.2, 0) is 6.42 Å². The zero-order valence-corrected chi connectivity index (χ0v) is 13.3. The van der Waals surface area contributed by atoms with Gasteiger partial charge in [-0.2, -0.15) is 0 Å². The minimum Gasteiger partial charge on any atom is -0.497 e. The highest BCUT2D eigenvalue weighted by Crippen LogP contribution is 2.24. The third kappa shape index (κ3) is 4.25. The van der Waals surface area contributed by atoms with Gasteiger partial charge in [-0.25, -0.2) is 0 Å². The van der Waals surface area contributed by atoms with Gasteiger partial charge in [0.1, 0.15) is 11.5 Å². The molecule has 0 fully saturated rings. The third-order valence-electron chi connectivity index (χ3n) is 3.69. The molecule has 0 spiro atoms. The zero-order chi connectivity index (χ0) is 15.2. The Morgan fingerprint density at radius 1 is 1.00 bits per heavy atom. The Labute approximate surface area is 127 Å². The second kappa shape index (κ2) is 7.16. The number of methoxy groups -OCH3 is 1. The molecule has 0 N–H and O–H groups in total. The summed E-state index contributed by atoms with van der Waals surface area (Å²) in [6, 6.07) is 14.6. The fraction of sp³-hybridized carbons (Fsp3) is 0.368. The van der Waals surface area contributed by atoms with Crippen molar-refractivity contribution in [1.82, 2.24) is 0 Å². The maximum Gasteiger partial charge on any atom is 0.122 e.